The third-order valence-corrected chi connectivity index (χ3v) is 2.59. The second-order valence-electron chi connectivity index (χ2n) is 3.99. The predicted octanol–water partition coefficient (Wildman–Crippen LogP) is 2.44. The Bertz CT molecular complexity index is 111. The molecule has 1 N–H and O–H groups in total. The first kappa shape index (κ1) is 12.9. The summed E-state index contributed by atoms with van der Waals surface area (Å²) in [5, 5.41) is 3.63. The molecule has 2 nitrogen and oxygen atoms in total. The quantitative estimate of drug-likeness (QED) is 0.661. The number of hydrogen-bond acceptors (Lipinski definition) is 2. The van der Waals surface area contributed by atoms with Crippen molar-refractivity contribution in [2.75, 3.05) is 13.7 Å². The van der Waals surface area contributed by atoms with Crippen LogP contribution in [0.25, 0.3) is 0 Å². The molecule has 0 spiro atoms. The maximum Gasteiger partial charge on any atom is 0.0618 e. The normalized spacial score (nSPS) is 14.1. The van der Waals surface area contributed by atoms with Gasteiger partial charge < -0.3 is 10.1 Å². The lowest BCUT2D eigenvalue weighted by atomic mass is 10.0. The molecule has 0 aromatic rings. The Morgan fingerprint density at radius 3 is 2.00 bits per heavy atom. The second kappa shape index (κ2) is 7.34. The van der Waals surface area contributed by atoms with Crippen LogP contribution in [0.4, 0.5) is 0 Å². The molecule has 0 saturated heterocycles. The summed E-state index contributed by atoms with van der Waals surface area (Å²) in [5.74, 6) is 0.639. The summed E-state index contributed by atoms with van der Waals surface area (Å²) in [6.45, 7) is 9.74. The van der Waals surface area contributed by atoms with Gasteiger partial charge in [-0.2, -0.15) is 0 Å². The highest BCUT2D eigenvalue weighted by Gasteiger charge is 2.15. The van der Waals surface area contributed by atoms with E-state index < -0.39 is 0 Å². The highest BCUT2D eigenvalue weighted by molar-refractivity contribution is 4.74. The van der Waals surface area contributed by atoms with E-state index in [4.69, 9.17) is 4.74 Å². The van der Waals surface area contributed by atoms with Crippen molar-refractivity contribution < 1.29 is 4.74 Å². The Hall–Kier alpha value is -0.0800. The van der Waals surface area contributed by atoms with Crippen molar-refractivity contribution in [2.24, 2.45) is 5.92 Å². The number of ether oxygens (including phenoxy) is 1. The maximum atomic E-state index is 5.19. The molecule has 0 heterocycles. The number of nitrogens with one attached hydrogen (secondary N) is 1. The van der Waals surface area contributed by atoms with Gasteiger partial charge in [-0.25, -0.2) is 0 Å². The molecule has 0 aliphatic heterocycles. The van der Waals surface area contributed by atoms with Crippen LogP contribution in [0, 0.1) is 5.92 Å². The van der Waals surface area contributed by atoms with Gasteiger partial charge in [0.15, 0.2) is 0 Å². The molecular formula is C11H25NO. The van der Waals surface area contributed by atoms with Crippen LogP contribution < -0.4 is 5.32 Å². The molecule has 0 fully saturated rings. The van der Waals surface area contributed by atoms with Crippen molar-refractivity contribution in [2.45, 2.75) is 52.6 Å². The van der Waals surface area contributed by atoms with E-state index >= 15 is 0 Å². The van der Waals surface area contributed by atoms with Crippen LogP contribution in [0.15, 0.2) is 0 Å². The monoisotopic (exact) mass is 187 g/mol. The van der Waals surface area contributed by atoms with Gasteiger partial charge in [-0.1, -0.05) is 27.7 Å². The van der Waals surface area contributed by atoms with Crippen molar-refractivity contribution >= 4 is 0 Å². The van der Waals surface area contributed by atoms with E-state index in [1.54, 1.807) is 7.11 Å². The first-order valence-electron chi connectivity index (χ1n) is 5.40. The summed E-state index contributed by atoms with van der Waals surface area (Å²) in [6, 6.07) is 1.14. The molecule has 0 amide bonds. The third kappa shape index (κ3) is 5.27. The summed E-state index contributed by atoms with van der Waals surface area (Å²) >= 11 is 0. The van der Waals surface area contributed by atoms with Crippen molar-refractivity contribution in [3.8, 4) is 0 Å². The Balaban J connectivity index is 3.91. The average molecular weight is 187 g/mol. The van der Waals surface area contributed by atoms with Gasteiger partial charge in [0.1, 0.15) is 0 Å². The highest BCUT2D eigenvalue weighted by atomic mass is 16.5. The fourth-order valence-corrected chi connectivity index (χ4v) is 1.44. The van der Waals surface area contributed by atoms with Crippen LogP contribution >= 0.6 is 0 Å². The molecule has 1 unspecified atom stereocenters. The molecule has 0 saturated carbocycles. The van der Waals surface area contributed by atoms with Gasteiger partial charge in [-0.15, -0.1) is 0 Å². The average Bonchev–Trinajstić information content (AvgIpc) is 2.11. The molecule has 13 heavy (non-hydrogen) atoms. The fraction of sp³-hybridized carbons (Fsp3) is 1.00. The fourth-order valence-electron chi connectivity index (χ4n) is 1.44. The van der Waals surface area contributed by atoms with Gasteiger partial charge in [0.2, 0.25) is 0 Å². The molecule has 0 bridgehead atoms. The van der Waals surface area contributed by atoms with Crippen molar-refractivity contribution in [1.82, 2.24) is 5.32 Å². The van der Waals surface area contributed by atoms with E-state index in [-0.39, 0.29) is 0 Å². The lowest BCUT2D eigenvalue weighted by Gasteiger charge is -2.26. The van der Waals surface area contributed by atoms with Gasteiger partial charge in [0.05, 0.1) is 6.61 Å². The topological polar surface area (TPSA) is 21.3 Å². The summed E-state index contributed by atoms with van der Waals surface area (Å²) in [6.07, 6.45) is 2.40. The third-order valence-electron chi connectivity index (χ3n) is 2.59. The van der Waals surface area contributed by atoms with Crippen molar-refractivity contribution in [3.63, 3.8) is 0 Å². The van der Waals surface area contributed by atoms with Crippen molar-refractivity contribution in [3.05, 3.63) is 0 Å². The van der Waals surface area contributed by atoms with Crippen molar-refractivity contribution in [1.29, 1.82) is 0 Å². The van der Waals surface area contributed by atoms with E-state index in [1.165, 1.54) is 12.8 Å². The minimum absolute atomic E-state index is 0.495. The van der Waals surface area contributed by atoms with Gasteiger partial charge in [-0.05, 0) is 18.8 Å². The lowest BCUT2D eigenvalue weighted by molar-refractivity contribution is 0.139. The first-order chi connectivity index (χ1) is 6.15. The largest absolute Gasteiger partial charge is 0.383 e. The molecule has 0 aromatic carbocycles. The Kier molecular flexibility index (Phi) is 7.29. The Morgan fingerprint density at radius 1 is 1.15 bits per heavy atom. The molecule has 0 rings (SSSR count). The molecule has 0 radical (unpaired) electrons. The minimum atomic E-state index is 0.495. The zero-order valence-electron chi connectivity index (χ0n) is 9.76. The van der Waals surface area contributed by atoms with E-state index in [1.807, 2.05) is 0 Å². The first-order valence-corrected chi connectivity index (χ1v) is 5.40. The highest BCUT2D eigenvalue weighted by Crippen LogP contribution is 2.06. The maximum absolute atomic E-state index is 5.19. The molecule has 1 atom stereocenters. The summed E-state index contributed by atoms with van der Waals surface area (Å²) in [4.78, 5) is 0. The van der Waals surface area contributed by atoms with E-state index in [0.29, 0.717) is 18.0 Å². The number of rotatable bonds is 7. The van der Waals surface area contributed by atoms with E-state index in [9.17, 15) is 0 Å². The van der Waals surface area contributed by atoms with E-state index in [2.05, 4.69) is 33.0 Å². The minimum Gasteiger partial charge on any atom is -0.383 e. The smallest absolute Gasteiger partial charge is 0.0618 e. The molecule has 0 aliphatic carbocycles. The summed E-state index contributed by atoms with van der Waals surface area (Å²) < 4.78 is 5.19. The predicted molar refractivity (Wildman–Crippen MR) is 58.0 cm³/mol. The van der Waals surface area contributed by atoms with Crippen LogP contribution in [0.3, 0.4) is 0 Å². The SMILES string of the molecule is CCC(CC)NC(COC)C(C)C. The van der Waals surface area contributed by atoms with Crippen LogP contribution in [0.2, 0.25) is 0 Å². The molecule has 0 aliphatic rings. The Morgan fingerprint density at radius 2 is 1.69 bits per heavy atom. The molecule has 2 heteroatoms. The van der Waals surface area contributed by atoms with Gasteiger partial charge >= 0.3 is 0 Å². The zero-order valence-corrected chi connectivity index (χ0v) is 9.76. The molecular weight excluding hydrogens is 162 g/mol. The Labute approximate surface area is 83.1 Å². The number of hydrogen-bond donors (Lipinski definition) is 1. The van der Waals surface area contributed by atoms with Crippen LogP contribution in [-0.4, -0.2) is 25.8 Å². The second-order valence-corrected chi connectivity index (χ2v) is 3.99. The van der Waals surface area contributed by atoms with Gasteiger partial charge in [0.25, 0.3) is 0 Å². The van der Waals surface area contributed by atoms with Gasteiger partial charge in [0, 0.05) is 19.2 Å². The zero-order chi connectivity index (χ0) is 10.3. The summed E-state index contributed by atoms with van der Waals surface area (Å²) in [5.41, 5.74) is 0. The van der Waals surface area contributed by atoms with Crippen LogP contribution in [-0.2, 0) is 4.74 Å². The van der Waals surface area contributed by atoms with E-state index in [0.717, 1.165) is 6.61 Å². The number of methoxy groups -OCH3 is 1. The van der Waals surface area contributed by atoms with Gasteiger partial charge in [-0.3, -0.25) is 0 Å². The molecule has 80 valence electrons. The van der Waals surface area contributed by atoms with Crippen LogP contribution in [0.1, 0.15) is 40.5 Å². The lowest BCUT2D eigenvalue weighted by Crippen LogP contribution is -2.43. The standard InChI is InChI=1S/C11H25NO/c1-6-10(7-2)12-11(8-13-5)9(3)4/h9-12H,6-8H2,1-5H3. The molecule has 0 aromatic heterocycles. The summed E-state index contributed by atoms with van der Waals surface area (Å²) in [7, 11) is 1.77. The van der Waals surface area contributed by atoms with Crippen LogP contribution in [0.5, 0.6) is 0 Å².